The van der Waals surface area contributed by atoms with Crippen molar-refractivity contribution < 1.29 is 9.59 Å². The number of amides is 2. The van der Waals surface area contributed by atoms with Crippen LogP contribution in [0.3, 0.4) is 0 Å². The fourth-order valence-electron chi connectivity index (χ4n) is 3.76. The number of anilines is 1. The highest BCUT2D eigenvalue weighted by atomic mass is 32.2. The van der Waals surface area contributed by atoms with Crippen molar-refractivity contribution in [3.63, 3.8) is 0 Å². The van der Waals surface area contributed by atoms with Crippen molar-refractivity contribution in [2.75, 3.05) is 11.1 Å². The fraction of sp³-hybridized carbons (Fsp3) is 0.556. The lowest BCUT2D eigenvalue weighted by atomic mass is 9.89. The molecule has 0 saturated carbocycles. The van der Waals surface area contributed by atoms with Gasteiger partial charge in [0.2, 0.25) is 11.8 Å². The van der Waals surface area contributed by atoms with Crippen molar-refractivity contribution in [2.45, 2.75) is 55.5 Å². The molecule has 2 fully saturated rings. The van der Waals surface area contributed by atoms with E-state index < -0.39 is 0 Å². The monoisotopic (exact) mass is 347 g/mol. The van der Waals surface area contributed by atoms with E-state index in [1.807, 2.05) is 24.3 Å². The number of fused-ring (bicyclic) bond motifs is 2. The van der Waals surface area contributed by atoms with E-state index in [4.69, 9.17) is 5.73 Å². The van der Waals surface area contributed by atoms with Gasteiger partial charge in [-0.1, -0.05) is 12.1 Å². The maximum atomic E-state index is 12.4. The van der Waals surface area contributed by atoms with Crippen LogP contribution in [0.5, 0.6) is 0 Å². The number of para-hydroxylation sites is 1. The summed E-state index contributed by atoms with van der Waals surface area (Å²) in [7, 11) is 0. The number of hydrogen-bond donors (Lipinski definition) is 3. The van der Waals surface area contributed by atoms with Crippen molar-refractivity contribution in [1.82, 2.24) is 5.32 Å². The molecule has 2 aliphatic rings. The van der Waals surface area contributed by atoms with Gasteiger partial charge in [0.15, 0.2) is 0 Å². The minimum absolute atomic E-state index is 0.0873. The molecule has 3 rings (SSSR count). The Labute approximate surface area is 147 Å². The molecule has 2 bridgehead atoms. The van der Waals surface area contributed by atoms with Crippen LogP contribution in [0.1, 0.15) is 38.5 Å². The van der Waals surface area contributed by atoms with Crippen LogP contribution in [0, 0.1) is 5.92 Å². The molecule has 0 radical (unpaired) electrons. The third kappa shape index (κ3) is 4.74. The van der Waals surface area contributed by atoms with E-state index in [2.05, 4.69) is 10.6 Å². The Hall–Kier alpha value is -1.53. The molecule has 1 aromatic carbocycles. The van der Waals surface area contributed by atoms with Gasteiger partial charge in [0.25, 0.3) is 0 Å². The maximum Gasteiger partial charge on any atom is 0.224 e. The molecule has 4 N–H and O–H groups in total. The minimum Gasteiger partial charge on any atom is -0.370 e. The molecule has 2 heterocycles. The first kappa shape index (κ1) is 17.3. The zero-order chi connectivity index (χ0) is 16.9. The van der Waals surface area contributed by atoms with Gasteiger partial charge in [-0.25, -0.2) is 0 Å². The SMILES string of the molecule is NC(=O)CCSc1ccccc1NC(=O)CC1CC2CCC(C1)N2. The molecule has 0 spiro atoms. The smallest absolute Gasteiger partial charge is 0.224 e. The average molecular weight is 347 g/mol. The van der Waals surface area contributed by atoms with Gasteiger partial charge in [-0.2, -0.15) is 0 Å². The van der Waals surface area contributed by atoms with Gasteiger partial charge >= 0.3 is 0 Å². The summed E-state index contributed by atoms with van der Waals surface area (Å²) >= 11 is 1.55. The summed E-state index contributed by atoms with van der Waals surface area (Å²) in [5.41, 5.74) is 6.01. The number of rotatable bonds is 7. The van der Waals surface area contributed by atoms with Crippen molar-refractivity contribution >= 4 is 29.3 Å². The second-order valence-electron chi connectivity index (χ2n) is 6.79. The van der Waals surface area contributed by atoms with Gasteiger partial charge in [-0.05, 0) is 43.7 Å². The van der Waals surface area contributed by atoms with E-state index in [-0.39, 0.29) is 11.8 Å². The predicted octanol–water partition coefficient (Wildman–Crippen LogP) is 2.51. The van der Waals surface area contributed by atoms with Gasteiger partial charge in [-0.3, -0.25) is 9.59 Å². The number of benzene rings is 1. The zero-order valence-electron chi connectivity index (χ0n) is 13.8. The fourth-order valence-corrected chi connectivity index (χ4v) is 4.74. The molecule has 2 amide bonds. The quantitative estimate of drug-likeness (QED) is 0.662. The molecule has 2 unspecified atom stereocenters. The summed E-state index contributed by atoms with van der Waals surface area (Å²) in [5.74, 6) is 0.895. The highest BCUT2D eigenvalue weighted by Gasteiger charge is 2.34. The van der Waals surface area contributed by atoms with E-state index >= 15 is 0 Å². The van der Waals surface area contributed by atoms with Gasteiger partial charge in [0.1, 0.15) is 0 Å². The van der Waals surface area contributed by atoms with Crippen LogP contribution >= 0.6 is 11.8 Å². The van der Waals surface area contributed by atoms with Crippen molar-refractivity contribution in [3.05, 3.63) is 24.3 Å². The Kier molecular flexibility index (Phi) is 5.79. The summed E-state index contributed by atoms with van der Waals surface area (Å²) in [6.07, 6.45) is 5.65. The Bertz CT molecular complexity index is 596. The van der Waals surface area contributed by atoms with Crippen LogP contribution in [0.4, 0.5) is 5.69 Å². The Morgan fingerprint density at radius 2 is 1.92 bits per heavy atom. The Balaban J connectivity index is 1.53. The molecular formula is C18H25N3O2S. The predicted molar refractivity (Wildman–Crippen MR) is 96.9 cm³/mol. The van der Waals surface area contributed by atoms with E-state index in [0.29, 0.717) is 36.6 Å². The number of thioether (sulfide) groups is 1. The van der Waals surface area contributed by atoms with Gasteiger partial charge in [-0.15, -0.1) is 11.8 Å². The second kappa shape index (κ2) is 8.03. The number of carbonyl (C=O) groups excluding carboxylic acids is 2. The summed E-state index contributed by atoms with van der Waals surface area (Å²) < 4.78 is 0. The van der Waals surface area contributed by atoms with Crippen LogP contribution in [-0.4, -0.2) is 29.7 Å². The number of nitrogens with two attached hydrogens (primary N) is 1. The van der Waals surface area contributed by atoms with Gasteiger partial charge < -0.3 is 16.4 Å². The Morgan fingerprint density at radius 1 is 1.21 bits per heavy atom. The van der Waals surface area contributed by atoms with Crippen LogP contribution in [0.2, 0.25) is 0 Å². The first-order valence-corrected chi connectivity index (χ1v) is 9.64. The normalized spacial score (nSPS) is 25.4. The van der Waals surface area contributed by atoms with Crippen molar-refractivity contribution in [1.29, 1.82) is 0 Å². The van der Waals surface area contributed by atoms with Crippen LogP contribution in [0.15, 0.2) is 29.2 Å². The molecule has 0 aliphatic carbocycles. The lowest BCUT2D eigenvalue weighted by Crippen LogP contribution is -2.39. The highest BCUT2D eigenvalue weighted by Crippen LogP contribution is 2.33. The molecule has 6 heteroatoms. The molecule has 130 valence electrons. The third-order valence-corrected chi connectivity index (χ3v) is 5.89. The molecular weight excluding hydrogens is 322 g/mol. The van der Waals surface area contributed by atoms with Crippen molar-refractivity contribution in [2.24, 2.45) is 11.7 Å². The zero-order valence-corrected chi connectivity index (χ0v) is 14.6. The van der Waals surface area contributed by atoms with Gasteiger partial charge in [0.05, 0.1) is 5.69 Å². The number of primary amides is 1. The molecule has 0 aromatic heterocycles. The standard InChI is InChI=1S/C18H25N3O2S/c19-17(22)7-8-24-16-4-2-1-3-15(16)21-18(23)11-12-9-13-5-6-14(10-12)20-13/h1-4,12-14,20H,5-11H2,(H2,19,22)(H,21,23). The lowest BCUT2D eigenvalue weighted by molar-refractivity contribution is -0.118. The van der Waals surface area contributed by atoms with E-state index in [1.54, 1.807) is 11.8 Å². The molecule has 2 saturated heterocycles. The van der Waals surface area contributed by atoms with Crippen LogP contribution < -0.4 is 16.4 Å². The molecule has 2 aliphatic heterocycles. The highest BCUT2D eigenvalue weighted by molar-refractivity contribution is 7.99. The number of piperidine rings is 1. The molecule has 2 atom stereocenters. The second-order valence-corrected chi connectivity index (χ2v) is 7.93. The van der Waals surface area contributed by atoms with Crippen LogP contribution in [-0.2, 0) is 9.59 Å². The number of carbonyl (C=O) groups is 2. The van der Waals surface area contributed by atoms with E-state index in [9.17, 15) is 9.59 Å². The topological polar surface area (TPSA) is 84.2 Å². The van der Waals surface area contributed by atoms with E-state index in [0.717, 1.165) is 23.4 Å². The Morgan fingerprint density at radius 3 is 2.62 bits per heavy atom. The van der Waals surface area contributed by atoms with Gasteiger partial charge in [0, 0.05) is 35.6 Å². The third-order valence-electron chi connectivity index (χ3n) is 4.81. The summed E-state index contributed by atoms with van der Waals surface area (Å²) in [5, 5.41) is 6.66. The molecule has 5 nitrogen and oxygen atoms in total. The lowest BCUT2D eigenvalue weighted by Gasteiger charge is -2.28. The largest absolute Gasteiger partial charge is 0.370 e. The number of hydrogen-bond acceptors (Lipinski definition) is 4. The summed E-state index contributed by atoms with van der Waals surface area (Å²) in [6, 6.07) is 8.95. The average Bonchev–Trinajstić information content (AvgIpc) is 2.87. The van der Waals surface area contributed by atoms with Crippen LogP contribution in [0.25, 0.3) is 0 Å². The first-order chi connectivity index (χ1) is 11.6. The maximum absolute atomic E-state index is 12.4. The van der Waals surface area contributed by atoms with Crippen molar-refractivity contribution in [3.8, 4) is 0 Å². The summed E-state index contributed by atoms with van der Waals surface area (Å²) in [6.45, 7) is 0. The molecule has 1 aromatic rings. The number of nitrogens with one attached hydrogen (secondary N) is 2. The minimum atomic E-state index is -0.301. The van der Waals surface area contributed by atoms with E-state index in [1.165, 1.54) is 12.8 Å². The summed E-state index contributed by atoms with van der Waals surface area (Å²) in [4.78, 5) is 24.3. The molecule has 24 heavy (non-hydrogen) atoms. The first-order valence-electron chi connectivity index (χ1n) is 8.66.